The molecule has 28 heavy (non-hydrogen) atoms. The van der Waals surface area contributed by atoms with E-state index in [-0.39, 0.29) is 30.0 Å². The summed E-state index contributed by atoms with van der Waals surface area (Å²) in [5, 5.41) is -0.231. The fourth-order valence-corrected chi connectivity index (χ4v) is 2.69. The van der Waals surface area contributed by atoms with Crippen LogP contribution in [0, 0.1) is 0 Å². The number of carbonyl (C=O) groups excluding carboxylic acids is 1. The Labute approximate surface area is 157 Å². The first-order valence-corrected chi connectivity index (χ1v) is 8.41. The van der Waals surface area contributed by atoms with Crippen molar-refractivity contribution in [3.63, 3.8) is 0 Å². The van der Waals surface area contributed by atoms with Crippen molar-refractivity contribution < 1.29 is 27.4 Å². The number of benzene rings is 2. The highest BCUT2D eigenvalue weighted by atomic mass is 19.4. The van der Waals surface area contributed by atoms with E-state index in [0.29, 0.717) is 0 Å². The molecule has 146 valence electrons. The van der Waals surface area contributed by atoms with Crippen molar-refractivity contribution in [1.29, 1.82) is 0 Å². The molecule has 0 amide bonds. The number of rotatable bonds is 5. The molecule has 5 nitrogen and oxygen atoms in total. The Morgan fingerprint density at radius 3 is 2.46 bits per heavy atom. The van der Waals surface area contributed by atoms with E-state index in [9.17, 15) is 22.8 Å². The van der Waals surface area contributed by atoms with Crippen LogP contribution in [0.2, 0.25) is 0 Å². The molecule has 1 heterocycles. The van der Waals surface area contributed by atoms with E-state index in [2.05, 4.69) is 4.98 Å². The molecule has 0 aliphatic rings. The fourth-order valence-electron chi connectivity index (χ4n) is 2.69. The molecule has 0 spiro atoms. The maximum atomic E-state index is 13.6. The molecule has 2 aromatic carbocycles. The zero-order valence-electron chi connectivity index (χ0n) is 14.8. The van der Waals surface area contributed by atoms with E-state index in [1.165, 1.54) is 6.07 Å². The largest absolute Gasteiger partial charge is 0.489 e. The summed E-state index contributed by atoms with van der Waals surface area (Å²) in [5.41, 5.74) is -1.91. The molecule has 0 saturated heterocycles. The number of hydrogen-bond donors (Lipinski definition) is 1. The molecule has 3 aromatic rings. The Kier molecular flexibility index (Phi) is 5.39. The lowest BCUT2D eigenvalue weighted by Gasteiger charge is -2.14. The molecule has 0 fully saturated rings. The van der Waals surface area contributed by atoms with Gasteiger partial charge < -0.3 is 14.5 Å². The second-order valence-corrected chi connectivity index (χ2v) is 5.93. The van der Waals surface area contributed by atoms with Crippen LogP contribution in [-0.4, -0.2) is 17.6 Å². The lowest BCUT2D eigenvalue weighted by Crippen LogP contribution is -2.16. The molecule has 0 bridgehead atoms. The summed E-state index contributed by atoms with van der Waals surface area (Å²) in [6, 6.07) is 11.8. The Bertz CT molecular complexity index is 1060. The SMILES string of the molecule is CCOC(=O)c1cc(=O)c2cc(OCc3ccccc3)cc(C(F)(F)F)c2[nH]1. The van der Waals surface area contributed by atoms with Crippen LogP contribution in [0.4, 0.5) is 13.2 Å². The first-order chi connectivity index (χ1) is 13.3. The van der Waals surface area contributed by atoms with Crippen LogP contribution < -0.4 is 10.2 Å². The first kappa shape index (κ1) is 19.5. The Morgan fingerprint density at radius 1 is 1.11 bits per heavy atom. The van der Waals surface area contributed by atoms with Gasteiger partial charge in [-0.1, -0.05) is 30.3 Å². The van der Waals surface area contributed by atoms with Gasteiger partial charge in [-0.05, 0) is 24.6 Å². The average Bonchev–Trinajstić information content (AvgIpc) is 2.66. The third-order valence-corrected chi connectivity index (χ3v) is 3.96. The normalized spacial score (nSPS) is 11.4. The number of fused-ring (bicyclic) bond motifs is 1. The molecular weight excluding hydrogens is 375 g/mol. The number of esters is 1. The van der Waals surface area contributed by atoms with Gasteiger partial charge in [0.05, 0.1) is 17.7 Å². The maximum absolute atomic E-state index is 13.6. The molecular formula is C20H16F3NO4. The van der Waals surface area contributed by atoms with Crippen molar-refractivity contribution in [3.05, 3.63) is 75.6 Å². The van der Waals surface area contributed by atoms with Gasteiger partial charge in [-0.2, -0.15) is 13.2 Å². The van der Waals surface area contributed by atoms with Crippen LogP contribution >= 0.6 is 0 Å². The number of aromatic nitrogens is 1. The number of pyridine rings is 1. The standard InChI is InChI=1S/C20H16F3NO4/c1-2-27-19(26)16-10-17(25)14-8-13(28-11-12-6-4-3-5-7-12)9-15(18(14)24-16)20(21,22)23/h3-10H,2,11H2,1H3,(H,24,25). The van der Waals surface area contributed by atoms with E-state index in [1.807, 2.05) is 6.07 Å². The van der Waals surface area contributed by atoms with Gasteiger partial charge >= 0.3 is 12.1 Å². The highest BCUT2D eigenvalue weighted by Crippen LogP contribution is 2.36. The predicted molar refractivity (Wildman–Crippen MR) is 96.3 cm³/mol. The first-order valence-electron chi connectivity index (χ1n) is 8.41. The molecule has 0 saturated carbocycles. The van der Waals surface area contributed by atoms with Crippen molar-refractivity contribution in [2.75, 3.05) is 6.61 Å². The molecule has 3 rings (SSSR count). The van der Waals surface area contributed by atoms with Crippen LogP contribution in [0.15, 0.2) is 53.3 Å². The van der Waals surface area contributed by atoms with Crippen molar-refractivity contribution in [2.45, 2.75) is 19.7 Å². The Morgan fingerprint density at radius 2 is 1.82 bits per heavy atom. The summed E-state index contributed by atoms with van der Waals surface area (Å²) < 4.78 is 51.0. The van der Waals surface area contributed by atoms with Gasteiger partial charge in [-0.25, -0.2) is 4.79 Å². The zero-order valence-corrected chi connectivity index (χ0v) is 14.8. The number of carbonyl (C=O) groups is 1. The highest BCUT2D eigenvalue weighted by molar-refractivity contribution is 5.92. The van der Waals surface area contributed by atoms with E-state index in [4.69, 9.17) is 9.47 Å². The number of alkyl halides is 3. The molecule has 8 heteroatoms. The van der Waals surface area contributed by atoms with E-state index >= 15 is 0 Å². The average molecular weight is 391 g/mol. The molecule has 0 aliphatic carbocycles. The van der Waals surface area contributed by atoms with Crippen molar-refractivity contribution >= 4 is 16.9 Å². The molecule has 0 unspecified atom stereocenters. The number of ether oxygens (including phenoxy) is 2. The van der Waals surface area contributed by atoms with E-state index in [1.54, 1.807) is 31.2 Å². The monoisotopic (exact) mass is 391 g/mol. The quantitative estimate of drug-likeness (QED) is 0.659. The number of aromatic amines is 1. The third-order valence-electron chi connectivity index (χ3n) is 3.96. The summed E-state index contributed by atoms with van der Waals surface area (Å²) in [6.45, 7) is 1.62. The molecule has 0 aliphatic heterocycles. The summed E-state index contributed by atoms with van der Waals surface area (Å²) in [7, 11) is 0. The van der Waals surface area contributed by atoms with Gasteiger partial charge in [0, 0.05) is 11.5 Å². The van der Waals surface area contributed by atoms with Gasteiger partial charge in [0.1, 0.15) is 18.1 Å². The molecule has 1 aromatic heterocycles. The summed E-state index contributed by atoms with van der Waals surface area (Å²) in [5.74, 6) is -1.00. The van der Waals surface area contributed by atoms with Crippen LogP contribution in [0.25, 0.3) is 10.9 Å². The Balaban J connectivity index is 2.09. The zero-order chi connectivity index (χ0) is 20.3. The number of nitrogens with one attached hydrogen (secondary N) is 1. The number of halogens is 3. The minimum Gasteiger partial charge on any atom is -0.489 e. The summed E-state index contributed by atoms with van der Waals surface area (Å²) >= 11 is 0. The van der Waals surface area contributed by atoms with Crippen molar-refractivity contribution in [2.24, 2.45) is 0 Å². The smallest absolute Gasteiger partial charge is 0.418 e. The summed E-state index contributed by atoms with van der Waals surface area (Å²) in [6.07, 6.45) is -4.76. The van der Waals surface area contributed by atoms with Gasteiger partial charge in [0.15, 0.2) is 5.43 Å². The second-order valence-electron chi connectivity index (χ2n) is 5.93. The molecule has 0 radical (unpaired) electrons. The predicted octanol–water partition coefficient (Wildman–Crippen LogP) is 4.30. The van der Waals surface area contributed by atoms with Crippen LogP contribution in [-0.2, 0) is 17.5 Å². The van der Waals surface area contributed by atoms with Crippen LogP contribution in [0.1, 0.15) is 28.5 Å². The van der Waals surface area contributed by atoms with Crippen LogP contribution in [0.5, 0.6) is 5.75 Å². The van der Waals surface area contributed by atoms with Gasteiger partial charge in [-0.15, -0.1) is 0 Å². The third kappa shape index (κ3) is 4.16. The van der Waals surface area contributed by atoms with Crippen molar-refractivity contribution in [3.8, 4) is 5.75 Å². The van der Waals surface area contributed by atoms with Gasteiger partial charge in [0.25, 0.3) is 0 Å². The Hall–Kier alpha value is -3.29. The number of H-pyrrole nitrogens is 1. The minimum atomic E-state index is -4.76. The molecule has 1 N–H and O–H groups in total. The van der Waals surface area contributed by atoms with Crippen LogP contribution in [0.3, 0.4) is 0 Å². The minimum absolute atomic E-state index is 0.0251. The lowest BCUT2D eigenvalue weighted by molar-refractivity contribution is -0.136. The summed E-state index contributed by atoms with van der Waals surface area (Å²) in [4.78, 5) is 26.6. The van der Waals surface area contributed by atoms with E-state index < -0.39 is 28.7 Å². The number of hydrogen-bond acceptors (Lipinski definition) is 4. The van der Waals surface area contributed by atoms with E-state index in [0.717, 1.165) is 17.7 Å². The lowest BCUT2D eigenvalue weighted by atomic mass is 10.1. The maximum Gasteiger partial charge on any atom is 0.418 e. The van der Waals surface area contributed by atoms with Gasteiger partial charge in [0.2, 0.25) is 0 Å². The van der Waals surface area contributed by atoms with Crippen molar-refractivity contribution in [1.82, 2.24) is 4.98 Å². The van der Waals surface area contributed by atoms with Gasteiger partial charge in [-0.3, -0.25) is 4.79 Å². The molecule has 0 atom stereocenters. The fraction of sp³-hybridized carbons (Fsp3) is 0.200. The second kappa shape index (κ2) is 7.75. The topological polar surface area (TPSA) is 68.4 Å². The highest BCUT2D eigenvalue weighted by Gasteiger charge is 2.34.